The second-order valence-electron chi connectivity index (χ2n) is 8.37. The number of nitriles is 1. The highest BCUT2D eigenvalue weighted by Crippen LogP contribution is 2.45. The van der Waals surface area contributed by atoms with Gasteiger partial charge in [-0.2, -0.15) is 5.26 Å². The third-order valence-corrected chi connectivity index (χ3v) is 6.69. The Kier molecular flexibility index (Phi) is 3.66. The van der Waals surface area contributed by atoms with Crippen LogP contribution in [0.3, 0.4) is 0 Å². The lowest BCUT2D eigenvalue weighted by Gasteiger charge is -2.15. The summed E-state index contributed by atoms with van der Waals surface area (Å²) in [7, 11) is 0. The van der Waals surface area contributed by atoms with Crippen LogP contribution in [-0.4, -0.2) is 9.97 Å². The van der Waals surface area contributed by atoms with E-state index in [1.807, 2.05) is 18.2 Å². The van der Waals surface area contributed by atoms with E-state index in [1.165, 1.54) is 5.39 Å². The second kappa shape index (κ2) is 6.72. The molecule has 0 fully saturated rings. The second-order valence-corrected chi connectivity index (χ2v) is 8.37. The van der Waals surface area contributed by atoms with E-state index in [2.05, 4.69) is 77.6 Å². The Morgan fingerprint density at radius 2 is 1.21 bits per heavy atom. The molecule has 0 spiro atoms. The van der Waals surface area contributed by atoms with Gasteiger partial charge in [0, 0.05) is 21.5 Å². The van der Waals surface area contributed by atoms with Crippen molar-refractivity contribution in [2.75, 3.05) is 0 Å². The molecular weight excluding hydrogens is 416 g/mol. The first-order valence-electron chi connectivity index (χ1n) is 11.0. The first-order chi connectivity index (χ1) is 16.8. The maximum Gasteiger partial charge on any atom is 0.307 e. The third-order valence-electron chi connectivity index (χ3n) is 6.69. The molecule has 6 aromatic carbocycles. The highest BCUT2D eigenvalue weighted by molar-refractivity contribution is 6.41. The molecule has 154 valence electrons. The summed E-state index contributed by atoms with van der Waals surface area (Å²) in [6.45, 7) is 7.61. The SMILES string of the molecule is [C-]#[N+]c1nc2c(nc1C#N)c1ccc3ccccc3c1c1c3ccccc3c3ccccc3c21. The van der Waals surface area contributed by atoms with Crippen LogP contribution >= 0.6 is 0 Å². The first kappa shape index (κ1) is 18.5. The van der Waals surface area contributed by atoms with Crippen molar-refractivity contribution in [1.82, 2.24) is 9.97 Å². The van der Waals surface area contributed by atoms with E-state index in [1.54, 1.807) is 0 Å². The Morgan fingerprint density at radius 1 is 0.588 bits per heavy atom. The lowest BCUT2D eigenvalue weighted by atomic mass is 9.88. The minimum Gasteiger partial charge on any atom is -0.358 e. The van der Waals surface area contributed by atoms with Crippen molar-refractivity contribution in [2.45, 2.75) is 0 Å². The van der Waals surface area contributed by atoms with Gasteiger partial charge in [0.15, 0.2) is 11.2 Å². The summed E-state index contributed by atoms with van der Waals surface area (Å²) in [5, 5.41) is 20.5. The number of hydrogen-bond donors (Lipinski definition) is 0. The van der Waals surface area contributed by atoms with Gasteiger partial charge in [0.25, 0.3) is 0 Å². The zero-order valence-corrected chi connectivity index (χ0v) is 17.9. The molecule has 1 heterocycles. The maximum absolute atomic E-state index is 9.68. The predicted octanol–water partition coefficient (Wildman–Crippen LogP) is 7.82. The number of hydrogen-bond acceptors (Lipinski definition) is 3. The molecule has 0 radical (unpaired) electrons. The van der Waals surface area contributed by atoms with Gasteiger partial charge in [-0.05, 0) is 32.3 Å². The van der Waals surface area contributed by atoms with E-state index in [-0.39, 0.29) is 11.5 Å². The number of fused-ring (bicyclic) bond motifs is 13. The van der Waals surface area contributed by atoms with E-state index in [0.717, 1.165) is 48.5 Å². The van der Waals surface area contributed by atoms with Gasteiger partial charge in [-0.25, -0.2) is 4.98 Å². The van der Waals surface area contributed by atoms with Crippen LogP contribution in [0.1, 0.15) is 5.69 Å². The van der Waals surface area contributed by atoms with Crippen LogP contribution in [0.25, 0.3) is 69.7 Å². The van der Waals surface area contributed by atoms with Gasteiger partial charge in [0.2, 0.25) is 0 Å². The van der Waals surface area contributed by atoms with Gasteiger partial charge >= 0.3 is 5.82 Å². The molecule has 4 nitrogen and oxygen atoms in total. The molecule has 0 atom stereocenters. The maximum atomic E-state index is 9.68. The van der Waals surface area contributed by atoms with Crippen LogP contribution < -0.4 is 0 Å². The van der Waals surface area contributed by atoms with Gasteiger partial charge in [0.1, 0.15) is 11.6 Å². The smallest absolute Gasteiger partial charge is 0.307 e. The van der Waals surface area contributed by atoms with Crippen molar-refractivity contribution in [3.63, 3.8) is 0 Å². The van der Waals surface area contributed by atoms with Crippen molar-refractivity contribution in [1.29, 1.82) is 5.26 Å². The van der Waals surface area contributed by atoms with Crippen molar-refractivity contribution < 1.29 is 0 Å². The van der Waals surface area contributed by atoms with Crippen molar-refractivity contribution >= 4 is 70.7 Å². The quantitative estimate of drug-likeness (QED) is 0.182. The highest BCUT2D eigenvalue weighted by Gasteiger charge is 2.22. The molecule has 34 heavy (non-hydrogen) atoms. The number of rotatable bonds is 0. The molecule has 0 bridgehead atoms. The van der Waals surface area contributed by atoms with Crippen LogP contribution in [0.4, 0.5) is 5.82 Å². The molecule has 0 unspecified atom stereocenters. The van der Waals surface area contributed by atoms with Crippen molar-refractivity contribution in [3.8, 4) is 6.07 Å². The van der Waals surface area contributed by atoms with Crippen molar-refractivity contribution in [3.05, 3.63) is 102 Å². The average Bonchev–Trinajstić information content (AvgIpc) is 2.91. The van der Waals surface area contributed by atoms with E-state index >= 15 is 0 Å². The molecule has 1 aromatic heterocycles. The first-order valence-corrected chi connectivity index (χ1v) is 11.0. The number of aromatic nitrogens is 2. The van der Waals surface area contributed by atoms with Crippen LogP contribution in [0, 0.1) is 17.9 Å². The molecule has 0 aliphatic carbocycles. The summed E-state index contributed by atoms with van der Waals surface area (Å²) in [5.74, 6) is 0.0358. The van der Waals surface area contributed by atoms with Crippen LogP contribution in [0.15, 0.2) is 84.9 Å². The molecule has 0 N–H and O–H groups in total. The fourth-order valence-corrected chi connectivity index (χ4v) is 5.33. The zero-order chi connectivity index (χ0) is 22.8. The summed E-state index contributed by atoms with van der Waals surface area (Å²) in [5.41, 5.74) is 1.36. The van der Waals surface area contributed by atoms with E-state index in [4.69, 9.17) is 16.5 Å². The predicted molar refractivity (Wildman–Crippen MR) is 138 cm³/mol. The molecule has 7 rings (SSSR count). The van der Waals surface area contributed by atoms with Gasteiger partial charge < -0.3 is 4.85 Å². The summed E-state index contributed by atoms with van der Waals surface area (Å²) in [4.78, 5) is 13.0. The van der Waals surface area contributed by atoms with Crippen LogP contribution in [-0.2, 0) is 0 Å². The van der Waals surface area contributed by atoms with Gasteiger partial charge in [-0.1, -0.05) is 91.5 Å². The summed E-state index contributed by atoms with van der Waals surface area (Å²) >= 11 is 0. The van der Waals surface area contributed by atoms with Crippen LogP contribution in [0.2, 0.25) is 0 Å². The lowest BCUT2D eigenvalue weighted by molar-refractivity contribution is 1.27. The fraction of sp³-hybridized carbons (Fsp3) is 0. The van der Waals surface area contributed by atoms with Gasteiger partial charge in [-0.15, -0.1) is 4.98 Å². The molecule has 0 aliphatic heterocycles. The molecular formula is C30H14N4. The number of benzene rings is 6. The summed E-state index contributed by atoms with van der Waals surface area (Å²) in [6, 6.07) is 31.3. The van der Waals surface area contributed by atoms with Gasteiger partial charge in [-0.3, -0.25) is 0 Å². The average molecular weight is 430 g/mol. The normalized spacial score (nSPS) is 11.5. The molecule has 0 aliphatic rings. The highest BCUT2D eigenvalue weighted by atomic mass is 14.9. The Labute approximate surface area is 194 Å². The Balaban J connectivity index is 1.97. The third kappa shape index (κ3) is 2.29. The van der Waals surface area contributed by atoms with E-state index in [9.17, 15) is 5.26 Å². The Hall–Kier alpha value is -5.06. The molecule has 0 saturated heterocycles. The molecule has 0 saturated carbocycles. The van der Waals surface area contributed by atoms with E-state index in [0.29, 0.717) is 11.0 Å². The van der Waals surface area contributed by atoms with E-state index < -0.39 is 0 Å². The van der Waals surface area contributed by atoms with Gasteiger partial charge in [0.05, 0.1) is 0 Å². The molecule has 4 heteroatoms. The minimum absolute atomic E-state index is 0.0358. The number of nitrogens with zero attached hydrogens (tertiary/aromatic N) is 4. The monoisotopic (exact) mass is 430 g/mol. The Bertz CT molecular complexity index is 2090. The fourth-order valence-electron chi connectivity index (χ4n) is 5.33. The summed E-state index contributed by atoms with van der Waals surface area (Å²) < 4.78 is 0. The summed E-state index contributed by atoms with van der Waals surface area (Å²) in [6.07, 6.45) is 0. The van der Waals surface area contributed by atoms with Crippen molar-refractivity contribution in [2.24, 2.45) is 0 Å². The van der Waals surface area contributed by atoms with Crippen LogP contribution in [0.5, 0.6) is 0 Å². The molecule has 7 aromatic rings. The zero-order valence-electron chi connectivity index (χ0n) is 17.9. The minimum atomic E-state index is 0.0358. The largest absolute Gasteiger partial charge is 0.358 e. The molecule has 0 amide bonds. The lowest BCUT2D eigenvalue weighted by Crippen LogP contribution is -1.95. The topological polar surface area (TPSA) is 53.9 Å². The Morgan fingerprint density at radius 3 is 1.88 bits per heavy atom. The standard InChI is InChI=1S/C30H14N4/c1-32-30-24(16-31)33-28-23-15-14-17-8-2-3-9-18(17)25(23)26-21-12-6-4-10-19(21)20-11-5-7-13-22(20)27(26)29(28)34-30/h2-15H.